The molecule has 2 amide bonds. The lowest BCUT2D eigenvalue weighted by Crippen LogP contribution is -2.38. The lowest BCUT2D eigenvalue weighted by atomic mass is 10.1. The van der Waals surface area contributed by atoms with E-state index < -0.39 is 0 Å². The van der Waals surface area contributed by atoms with Gasteiger partial charge < -0.3 is 15.0 Å². The van der Waals surface area contributed by atoms with Crippen molar-refractivity contribution in [3.8, 4) is 5.75 Å². The molecule has 0 spiro atoms. The van der Waals surface area contributed by atoms with Gasteiger partial charge in [0.1, 0.15) is 5.75 Å². The Morgan fingerprint density at radius 2 is 2.35 bits per heavy atom. The van der Waals surface area contributed by atoms with Crippen LogP contribution in [-0.4, -0.2) is 36.6 Å². The van der Waals surface area contributed by atoms with Crippen molar-refractivity contribution < 1.29 is 9.53 Å². The number of nitrogens with zero attached hydrogens (tertiary/aromatic N) is 2. The maximum Gasteiger partial charge on any atom is 0.317 e. The van der Waals surface area contributed by atoms with Gasteiger partial charge in [0.15, 0.2) is 0 Å². The van der Waals surface area contributed by atoms with Gasteiger partial charge in [0, 0.05) is 25.4 Å². The second kappa shape index (κ2) is 6.08. The Labute approximate surface area is 102 Å². The maximum atomic E-state index is 11.7. The summed E-state index contributed by atoms with van der Waals surface area (Å²) in [6, 6.07) is 1.63. The molecule has 1 heterocycles. The molecule has 94 valence electrons. The second-order valence-corrected chi connectivity index (χ2v) is 3.80. The molecule has 0 saturated heterocycles. The van der Waals surface area contributed by atoms with Crippen molar-refractivity contribution in [2.75, 3.05) is 20.7 Å². The van der Waals surface area contributed by atoms with Crippen molar-refractivity contribution in [1.82, 2.24) is 15.2 Å². The molecule has 0 saturated carbocycles. The molecule has 1 aromatic heterocycles. The summed E-state index contributed by atoms with van der Waals surface area (Å²) in [5.41, 5.74) is 0.917. The summed E-state index contributed by atoms with van der Waals surface area (Å²) in [5, 5.41) is 2.90. The number of ether oxygens (including phenoxy) is 1. The molecule has 0 bridgehead atoms. The number of carbonyl (C=O) groups is 1. The fraction of sp³-hybridized carbons (Fsp3) is 0.500. The first kappa shape index (κ1) is 13.3. The SMILES string of the molecule is CCN(C)C(=O)NC(C)c1ccncc1OC. The van der Waals surface area contributed by atoms with E-state index in [0.717, 1.165) is 5.56 Å². The normalized spacial score (nSPS) is 11.8. The van der Waals surface area contributed by atoms with Gasteiger partial charge in [-0.25, -0.2) is 4.79 Å². The van der Waals surface area contributed by atoms with Gasteiger partial charge in [-0.05, 0) is 19.9 Å². The van der Waals surface area contributed by atoms with Gasteiger partial charge in [-0.3, -0.25) is 4.98 Å². The Balaban J connectivity index is 2.76. The molecule has 5 nitrogen and oxygen atoms in total. The molecular formula is C12H19N3O2. The fourth-order valence-electron chi connectivity index (χ4n) is 1.44. The van der Waals surface area contributed by atoms with Gasteiger partial charge in [-0.2, -0.15) is 0 Å². The summed E-state index contributed by atoms with van der Waals surface area (Å²) in [4.78, 5) is 17.3. The van der Waals surface area contributed by atoms with E-state index in [9.17, 15) is 4.79 Å². The number of aromatic nitrogens is 1. The average Bonchev–Trinajstić information content (AvgIpc) is 2.37. The first-order chi connectivity index (χ1) is 8.10. The standard InChI is InChI=1S/C12H19N3O2/c1-5-15(3)12(16)14-9(2)10-6-7-13-8-11(10)17-4/h6-9H,5H2,1-4H3,(H,14,16). The van der Waals surface area contributed by atoms with Crippen LogP contribution in [0.15, 0.2) is 18.5 Å². The number of urea groups is 1. The zero-order valence-electron chi connectivity index (χ0n) is 10.7. The first-order valence-corrected chi connectivity index (χ1v) is 5.59. The van der Waals surface area contributed by atoms with E-state index in [1.54, 1.807) is 31.5 Å². The van der Waals surface area contributed by atoms with E-state index in [2.05, 4.69) is 10.3 Å². The predicted octanol–water partition coefficient (Wildman–Crippen LogP) is 1.81. The van der Waals surface area contributed by atoms with Gasteiger partial charge in [0.05, 0.1) is 19.3 Å². The number of nitrogens with one attached hydrogen (secondary N) is 1. The zero-order valence-corrected chi connectivity index (χ0v) is 10.7. The van der Waals surface area contributed by atoms with Crippen molar-refractivity contribution >= 4 is 6.03 Å². The van der Waals surface area contributed by atoms with Crippen LogP contribution in [0.5, 0.6) is 5.75 Å². The van der Waals surface area contributed by atoms with Crippen LogP contribution in [0.25, 0.3) is 0 Å². The molecule has 0 aromatic carbocycles. The Morgan fingerprint density at radius 3 is 2.94 bits per heavy atom. The second-order valence-electron chi connectivity index (χ2n) is 3.80. The zero-order chi connectivity index (χ0) is 12.8. The molecule has 1 rings (SSSR count). The van der Waals surface area contributed by atoms with E-state index in [1.165, 1.54) is 0 Å². The summed E-state index contributed by atoms with van der Waals surface area (Å²) in [6.45, 7) is 4.52. The molecule has 5 heteroatoms. The van der Waals surface area contributed by atoms with Crippen LogP contribution in [-0.2, 0) is 0 Å². The number of amides is 2. The van der Waals surface area contributed by atoms with Gasteiger partial charge >= 0.3 is 6.03 Å². The highest BCUT2D eigenvalue weighted by Gasteiger charge is 2.15. The third kappa shape index (κ3) is 3.34. The maximum absolute atomic E-state index is 11.7. The van der Waals surface area contributed by atoms with Crippen LogP contribution in [0.3, 0.4) is 0 Å². The van der Waals surface area contributed by atoms with E-state index in [-0.39, 0.29) is 12.1 Å². The van der Waals surface area contributed by atoms with Gasteiger partial charge in [-0.1, -0.05) is 0 Å². The largest absolute Gasteiger partial charge is 0.495 e. The number of hydrogen-bond donors (Lipinski definition) is 1. The van der Waals surface area contributed by atoms with E-state index in [4.69, 9.17) is 4.74 Å². The number of hydrogen-bond acceptors (Lipinski definition) is 3. The monoisotopic (exact) mass is 237 g/mol. The number of methoxy groups -OCH3 is 1. The average molecular weight is 237 g/mol. The molecule has 1 atom stereocenters. The minimum absolute atomic E-state index is 0.0983. The Kier molecular flexibility index (Phi) is 4.75. The molecule has 1 aromatic rings. The third-order valence-electron chi connectivity index (χ3n) is 2.66. The Hall–Kier alpha value is -1.78. The molecule has 0 radical (unpaired) electrons. The Morgan fingerprint density at radius 1 is 1.65 bits per heavy atom. The van der Waals surface area contributed by atoms with Crippen LogP contribution >= 0.6 is 0 Å². The predicted molar refractivity (Wildman–Crippen MR) is 66.0 cm³/mol. The summed E-state index contributed by atoms with van der Waals surface area (Å²) in [5.74, 6) is 0.680. The smallest absolute Gasteiger partial charge is 0.317 e. The van der Waals surface area contributed by atoms with Crippen molar-refractivity contribution in [3.05, 3.63) is 24.0 Å². The van der Waals surface area contributed by atoms with Gasteiger partial charge in [0.2, 0.25) is 0 Å². The van der Waals surface area contributed by atoms with Crippen molar-refractivity contribution in [2.24, 2.45) is 0 Å². The van der Waals surface area contributed by atoms with Gasteiger partial charge in [0.25, 0.3) is 0 Å². The van der Waals surface area contributed by atoms with Crippen LogP contribution in [0.4, 0.5) is 4.79 Å². The van der Waals surface area contributed by atoms with Gasteiger partial charge in [-0.15, -0.1) is 0 Å². The minimum Gasteiger partial charge on any atom is -0.495 e. The summed E-state index contributed by atoms with van der Waals surface area (Å²) in [6.07, 6.45) is 3.32. The van der Waals surface area contributed by atoms with Crippen molar-refractivity contribution in [3.63, 3.8) is 0 Å². The van der Waals surface area contributed by atoms with E-state index >= 15 is 0 Å². The molecular weight excluding hydrogens is 218 g/mol. The highest BCUT2D eigenvalue weighted by molar-refractivity contribution is 5.74. The lowest BCUT2D eigenvalue weighted by molar-refractivity contribution is 0.207. The highest BCUT2D eigenvalue weighted by Crippen LogP contribution is 2.23. The molecule has 0 fully saturated rings. The van der Waals surface area contributed by atoms with E-state index in [1.807, 2.05) is 19.9 Å². The topological polar surface area (TPSA) is 54.5 Å². The van der Waals surface area contributed by atoms with Crippen molar-refractivity contribution in [2.45, 2.75) is 19.9 Å². The van der Waals surface area contributed by atoms with Crippen LogP contribution in [0.2, 0.25) is 0 Å². The molecule has 17 heavy (non-hydrogen) atoms. The molecule has 0 aliphatic rings. The number of rotatable bonds is 4. The minimum atomic E-state index is -0.116. The summed E-state index contributed by atoms with van der Waals surface area (Å²) < 4.78 is 5.21. The molecule has 0 aliphatic heterocycles. The summed E-state index contributed by atoms with van der Waals surface area (Å²) >= 11 is 0. The molecule has 1 N–H and O–H groups in total. The fourth-order valence-corrected chi connectivity index (χ4v) is 1.44. The number of pyridine rings is 1. The van der Waals surface area contributed by atoms with E-state index in [0.29, 0.717) is 12.3 Å². The quantitative estimate of drug-likeness (QED) is 0.869. The summed E-state index contributed by atoms with van der Waals surface area (Å²) in [7, 11) is 3.35. The van der Waals surface area contributed by atoms with Crippen LogP contribution in [0, 0.1) is 0 Å². The van der Waals surface area contributed by atoms with Crippen LogP contribution in [0.1, 0.15) is 25.5 Å². The number of carbonyl (C=O) groups excluding carboxylic acids is 1. The third-order valence-corrected chi connectivity index (χ3v) is 2.66. The Bertz CT molecular complexity index is 382. The lowest BCUT2D eigenvalue weighted by Gasteiger charge is -2.21. The molecule has 1 unspecified atom stereocenters. The highest BCUT2D eigenvalue weighted by atomic mass is 16.5. The van der Waals surface area contributed by atoms with Crippen LogP contribution < -0.4 is 10.1 Å². The van der Waals surface area contributed by atoms with Crippen molar-refractivity contribution in [1.29, 1.82) is 0 Å². The first-order valence-electron chi connectivity index (χ1n) is 5.59. The molecule has 0 aliphatic carbocycles.